The van der Waals surface area contributed by atoms with E-state index in [4.69, 9.17) is 10.6 Å². The molecule has 6 nitrogen and oxygen atoms in total. The molecular weight excluding hydrogens is 183 g/mol. The third kappa shape index (κ3) is 2.24. The topological polar surface area (TPSA) is 92.2 Å². The fraction of sp³-hybridized carbons (Fsp3) is 0.800. The van der Waals surface area contributed by atoms with Gasteiger partial charge in [0.15, 0.2) is 6.10 Å². The molecule has 1 N–H and O–H groups in total. The number of aliphatic hydroxyl groups is 1. The van der Waals surface area contributed by atoms with E-state index in [-0.39, 0.29) is 0 Å². The summed E-state index contributed by atoms with van der Waals surface area (Å²) in [6.45, 7) is 1.29. The summed E-state index contributed by atoms with van der Waals surface area (Å²) in [5, 5.41) is 8.99. The van der Waals surface area contributed by atoms with Gasteiger partial charge in [0.05, 0.1) is 0 Å². The van der Waals surface area contributed by atoms with Gasteiger partial charge in [-0.15, -0.1) is 0 Å². The van der Waals surface area contributed by atoms with Crippen LogP contribution in [0.25, 0.3) is 5.53 Å². The molecule has 1 atom stereocenters. The first-order valence-electron chi connectivity index (χ1n) is 3.14. The second kappa shape index (κ2) is 4.50. The fourth-order valence-electron chi connectivity index (χ4n) is 0.629. The van der Waals surface area contributed by atoms with Crippen molar-refractivity contribution in [1.82, 2.24) is 0 Å². The summed E-state index contributed by atoms with van der Waals surface area (Å²) in [6.07, 6.45) is -1.18. The Morgan fingerprint density at radius 3 is 2.08 bits per heavy atom. The zero-order valence-corrected chi connectivity index (χ0v) is 7.99. The molecule has 7 heteroatoms. The maximum absolute atomic E-state index is 11.4. The van der Waals surface area contributed by atoms with Crippen molar-refractivity contribution in [2.75, 3.05) is 14.2 Å². The van der Waals surface area contributed by atoms with Gasteiger partial charge in [-0.25, -0.2) is 4.57 Å². The Balaban J connectivity index is 4.97. The maximum atomic E-state index is 11.4. The first kappa shape index (κ1) is 11.5. The number of hydrogen-bond donors (Lipinski definition) is 1. The minimum absolute atomic E-state index is 0.410. The molecule has 0 saturated carbocycles. The van der Waals surface area contributed by atoms with Gasteiger partial charge < -0.3 is 19.7 Å². The number of nitrogens with zero attached hydrogens (tertiary/aromatic N) is 2. The molecule has 0 rings (SSSR count). The van der Waals surface area contributed by atoms with Gasteiger partial charge in [0, 0.05) is 14.2 Å². The van der Waals surface area contributed by atoms with Crippen molar-refractivity contribution in [3.63, 3.8) is 0 Å². The van der Waals surface area contributed by atoms with Crippen LogP contribution in [0.5, 0.6) is 0 Å². The smallest absolute Gasteiger partial charge is 0.381 e. The molecule has 0 heterocycles. The van der Waals surface area contributed by atoms with Crippen LogP contribution in [0.15, 0.2) is 0 Å². The van der Waals surface area contributed by atoms with Crippen LogP contribution in [0.3, 0.4) is 0 Å². The number of rotatable bonds is 4. The van der Waals surface area contributed by atoms with Gasteiger partial charge in [0.25, 0.3) is 0 Å². The quantitative estimate of drug-likeness (QED) is 0.305. The average molecular weight is 194 g/mol. The van der Waals surface area contributed by atoms with Gasteiger partial charge >= 0.3 is 13.0 Å². The van der Waals surface area contributed by atoms with Crippen molar-refractivity contribution in [2.24, 2.45) is 0 Å². The van der Waals surface area contributed by atoms with E-state index in [1.165, 1.54) is 6.92 Å². The second-order valence-electron chi connectivity index (χ2n) is 2.00. The molecule has 70 valence electrons. The van der Waals surface area contributed by atoms with E-state index in [2.05, 4.69) is 13.8 Å². The molecule has 0 spiro atoms. The van der Waals surface area contributed by atoms with Gasteiger partial charge in [-0.2, -0.15) is 4.79 Å². The van der Waals surface area contributed by atoms with E-state index in [9.17, 15) is 4.57 Å². The molecule has 0 saturated heterocycles. The van der Waals surface area contributed by atoms with E-state index in [0.29, 0.717) is 0 Å². The first-order valence-corrected chi connectivity index (χ1v) is 4.68. The monoisotopic (exact) mass is 194 g/mol. The van der Waals surface area contributed by atoms with E-state index in [1.807, 2.05) is 0 Å². The molecule has 1 unspecified atom stereocenters. The lowest BCUT2D eigenvalue weighted by Crippen LogP contribution is -2.19. The molecule has 0 aromatic heterocycles. The molecular formula is C5H11N2O4P. The molecule has 0 radical (unpaired) electrons. The Hall–Kier alpha value is -0.510. The molecule has 0 amide bonds. The van der Waals surface area contributed by atoms with Crippen molar-refractivity contribution in [2.45, 2.75) is 13.0 Å². The lowest BCUT2D eigenvalue weighted by molar-refractivity contribution is -0.0166. The Kier molecular flexibility index (Phi) is 4.31. The highest BCUT2D eigenvalue weighted by molar-refractivity contribution is 7.72. The van der Waals surface area contributed by atoms with Crippen LogP contribution in [-0.4, -0.2) is 35.7 Å². The van der Waals surface area contributed by atoms with Crippen LogP contribution < -0.4 is 0 Å². The molecule has 0 fully saturated rings. The minimum atomic E-state index is -3.60. The number of hydrogen-bond acceptors (Lipinski definition) is 4. The lowest BCUT2D eigenvalue weighted by atomic mass is 10.5. The predicted molar refractivity (Wildman–Crippen MR) is 41.9 cm³/mol. The molecule has 0 aliphatic rings. The summed E-state index contributed by atoms with van der Waals surface area (Å²) in [7, 11) is -1.32. The minimum Gasteiger partial charge on any atom is -0.381 e. The average Bonchev–Trinajstić information content (AvgIpc) is 2.04. The normalized spacial score (nSPS) is 13.7. The van der Waals surface area contributed by atoms with Gasteiger partial charge in [-0.1, -0.05) is 0 Å². The SMILES string of the molecule is COP(=O)(OC)C(=[N+]=[N-])C(C)O. The van der Waals surface area contributed by atoms with Crippen molar-refractivity contribution < 1.29 is 23.5 Å². The van der Waals surface area contributed by atoms with Crippen molar-refractivity contribution in [3.05, 3.63) is 5.53 Å². The van der Waals surface area contributed by atoms with Crippen LogP contribution in [-0.2, 0) is 13.6 Å². The Labute approximate surface area is 70.3 Å². The van der Waals surface area contributed by atoms with Crippen LogP contribution in [0.1, 0.15) is 6.92 Å². The summed E-state index contributed by atoms with van der Waals surface area (Å²) in [6, 6.07) is 0. The van der Waals surface area contributed by atoms with Gasteiger partial charge in [0.2, 0.25) is 0 Å². The van der Waals surface area contributed by atoms with Crippen LogP contribution >= 0.6 is 7.60 Å². The predicted octanol–water partition coefficient (Wildman–Crippen LogP) is 0.481. The van der Waals surface area contributed by atoms with Crippen molar-refractivity contribution >= 4 is 13.0 Å². The summed E-state index contributed by atoms with van der Waals surface area (Å²) < 4.78 is 20.4. The van der Waals surface area contributed by atoms with Crippen LogP contribution in [0, 0.1) is 0 Å². The largest absolute Gasteiger partial charge is 0.440 e. The van der Waals surface area contributed by atoms with Gasteiger partial charge in [-0.05, 0) is 6.92 Å². The summed E-state index contributed by atoms with van der Waals surface area (Å²) >= 11 is 0. The van der Waals surface area contributed by atoms with Crippen LogP contribution in [0.2, 0.25) is 0 Å². The van der Waals surface area contributed by atoms with E-state index in [1.54, 1.807) is 0 Å². The van der Waals surface area contributed by atoms with E-state index < -0.39 is 19.2 Å². The summed E-state index contributed by atoms with van der Waals surface area (Å²) in [4.78, 5) is 2.65. The molecule has 0 aromatic carbocycles. The van der Waals surface area contributed by atoms with Gasteiger partial charge in [-0.3, -0.25) is 0 Å². The third-order valence-electron chi connectivity index (χ3n) is 1.24. The summed E-state index contributed by atoms with van der Waals surface area (Å²) in [5.41, 5.74) is 7.98. The number of aliphatic hydroxyl groups excluding tert-OH is 1. The third-order valence-corrected chi connectivity index (χ3v) is 3.22. The Morgan fingerprint density at radius 1 is 1.58 bits per heavy atom. The van der Waals surface area contributed by atoms with E-state index in [0.717, 1.165) is 14.2 Å². The van der Waals surface area contributed by atoms with E-state index >= 15 is 0 Å². The molecule has 0 aliphatic heterocycles. The standard InChI is InChI=1S/C5H11N2O4P/c1-4(8)5(7-6)12(9,10-2)11-3/h4,8H,1-3H3. The lowest BCUT2D eigenvalue weighted by Gasteiger charge is -2.09. The summed E-state index contributed by atoms with van der Waals surface area (Å²) in [5.74, 6) is 0. The maximum Gasteiger partial charge on any atom is 0.440 e. The van der Waals surface area contributed by atoms with Crippen molar-refractivity contribution in [3.8, 4) is 0 Å². The highest BCUT2D eigenvalue weighted by Crippen LogP contribution is 2.48. The second-order valence-corrected chi connectivity index (χ2v) is 4.18. The van der Waals surface area contributed by atoms with Crippen molar-refractivity contribution in [1.29, 1.82) is 0 Å². The Bertz CT molecular complexity index is 238. The first-order chi connectivity index (χ1) is 5.51. The zero-order valence-electron chi connectivity index (χ0n) is 7.09. The Morgan fingerprint density at radius 2 is 2.00 bits per heavy atom. The fourth-order valence-corrected chi connectivity index (χ4v) is 1.72. The highest BCUT2D eigenvalue weighted by Gasteiger charge is 2.41. The molecule has 0 aliphatic carbocycles. The molecule has 12 heavy (non-hydrogen) atoms. The van der Waals surface area contributed by atoms with Crippen LogP contribution in [0.4, 0.5) is 0 Å². The zero-order chi connectivity index (χ0) is 9.78. The molecule has 0 aromatic rings. The van der Waals surface area contributed by atoms with Gasteiger partial charge in [0.1, 0.15) is 0 Å². The highest BCUT2D eigenvalue weighted by atomic mass is 31.2. The molecule has 0 bridgehead atoms.